The van der Waals surface area contributed by atoms with Gasteiger partial charge in [0.25, 0.3) is 0 Å². The van der Waals surface area contributed by atoms with Crippen LogP contribution >= 0.6 is 15.9 Å². The SMILES string of the molecule is CCCCCNCc1ccc(C(=O)O)cc1Br. The monoisotopic (exact) mass is 299 g/mol. The van der Waals surface area contributed by atoms with Crippen molar-refractivity contribution < 1.29 is 9.90 Å². The quantitative estimate of drug-likeness (QED) is 0.759. The molecule has 0 saturated carbocycles. The summed E-state index contributed by atoms with van der Waals surface area (Å²) < 4.78 is 0.848. The fourth-order valence-corrected chi connectivity index (χ4v) is 2.07. The Morgan fingerprint density at radius 3 is 2.76 bits per heavy atom. The number of nitrogens with one attached hydrogen (secondary N) is 1. The molecule has 0 amide bonds. The number of benzene rings is 1. The first-order valence-corrected chi connectivity index (χ1v) is 6.67. The Morgan fingerprint density at radius 2 is 2.18 bits per heavy atom. The van der Waals surface area contributed by atoms with Gasteiger partial charge in [-0.2, -0.15) is 0 Å². The highest BCUT2D eigenvalue weighted by molar-refractivity contribution is 9.10. The number of rotatable bonds is 7. The van der Waals surface area contributed by atoms with E-state index >= 15 is 0 Å². The summed E-state index contributed by atoms with van der Waals surface area (Å²) in [6.45, 7) is 3.95. The molecule has 0 radical (unpaired) electrons. The zero-order valence-corrected chi connectivity index (χ0v) is 11.6. The van der Waals surface area contributed by atoms with E-state index in [4.69, 9.17) is 5.11 Å². The molecule has 0 bridgehead atoms. The number of halogens is 1. The van der Waals surface area contributed by atoms with Crippen molar-refractivity contribution in [3.8, 4) is 0 Å². The molecule has 0 unspecified atom stereocenters. The maximum absolute atomic E-state index is 10.8. The van der Waals surface area contributed by atoms with Crippen molar-refractivity contribution in [3.05, 3.63) is 33.8 Å². The summed E-state index contributed by atoms with van der Waals surface area (Å²) in [5.41, 5.74) is 1.40. The second kappa shape index (κ2) is 7.45. The average Bonchev–Trinajstić information content (AvgIpc) is 2.30. The lowest BCUT2D eigenvalue weighted by molar-refractivity contribution is 0.0697. The molecule has 0 aromatic heterocycles. The fourth-order valence-electron chi connectivity index (χ4n) is 1.55. The summed E-state index contributed by atoms with van der Waals surface area (Å²) in [5, 5.41) is 12.2. The molecule has 0 spiro atoms. The number of carboxylic acid groups (broad SMARTS) is 1. The maximum atomic E-state index is 10.8. The smallest absolute Gasteiger partial charge is 0.335 e. The third-order valence-corrected chi connectivity index (χ3v) is 3.31. The molecule has 17 heavy (non-hydrogen) atoms. The Labute approximate surface area is 110 Å². The van der Waals surface area contributed by atoms with Crippen molar-refractivity contribution in [2.45, 2.75) is 32.7 Å². The van der Waals surface area contributed by atoms with Gasteiger partial charge >= 0.3 is 5.97 Å². The molecule has 1 aromatic rings. The molecule has 0 aliphatic carbocycles. The number of carbonyl (C=O) groups is 1. The second-order valence-electron chi connectivity index (χ2n) is 4.00. The Balaban J connectivity index is 2.46. The summed E-state index contributed by atoms with van der Waals surface area (Å²) in [6.07, 6.45) is 3.64. The standard InChI is InChI=1S/C13H18BrNO2/c1-2-3-4-7-15-9-11-6-5-10(13(16)17)8-12(11)14/h5-6,8,15H,2-4,7,9H2,1H3,(H,16,17). The molecule has 0 saturated heterocycles. The van der Waals surface area contributed by atoms with E-state index in [2.05, 4.69) is 28.2 Å². The van der Waals surface area contributed by atoms with Crippen LogP contribution < -0.4 is 5.32 Å². The normalized spacial score (nSPS) is 10.5. The number of hydrogen-bond donors (Lipinski definition) is 2. The topological polar surface area (TPSA) is 49.3 Å². The van der Waals surface area contributed by atoms with E-state index in [1.807, 2.05) is 6.07 Å². The van der Waals surface area contributed by atoms with Gasteiger partial charge in [-0.3, -0.25) is 0 Å². The number of hydrogen-bond acceptors (Lipinski definition) is 2. The molecule has 1 aromatic carbocycles. The Kier molecular flexibility index (Phi) is 6.22. The summed E-state index contributed by atoms with van der Waals surface area (Å²) in [5.74, 6) is -0.895. The lowest BCUT2D eigenvalue weighted by Crippen LogP contribution is -2.15. The highest BCUT2D eigenvalue weighted by Gasteiger charge is 2.06. The Hall–Kier alpha value is -0.870. The molecule has 0 aliphatic heterocycles. The number of unbranched alkanes of at least 4 members (excludes halogenated alkanes) is 2. The maximum Gasteiger partial charge on any atom is 0.335 e. The summed E-state index contributed by atoms with van der Waals surface area (Å²) in [6, 6.07) is 5.13. The van der Waals surface area contributed by atoms with E-state index in [-0.39, 0.29) is 0 Å². The van der Waals surface area contributed by atoms with Crippen LogP contribution in [0.5, 0.6) is 0 Å². The van der Waals surface area contributed by atoms with Crippen LogP contribution in [0.3, 0.4) is 0 Å². The minimum Gasteiger partial charge on any atom is -0.478 e. The van der Waals surface area contributed by atoms with Crippen LogP contribution in [0.2, 0.25) is 0 Å². The summed E-state index contributed by atoms with van der Waals surface area (Å²) >= 11 is 3.39. The van der Waals surface area contributed by atoms with Gasteiger partial charge in [0.1, 0.15) is 0 Å². The van der Waals surface area contributed by atoms with Gasteiger partial charge in [0, 0.05) is 11.0 Å². The van der Waals surface area contributed by atoms with E-state index in [9.17, 15) is 4.79 Å². The molecule has 4 heteroatoms. The highest BCUT2D eigenvalue weighted by Crippen LogP contribution is 2.18. The number of aromatic carboxylic acids is 1. The molecular formula is C13H18BrNO2. The number of carboxylic acids is 1. The van der Waals surface area contributed by atoms with Crippen LogP contribution in [-0.4, -0.2) is 17.6 Å². The van der Waals surface area contributed by atoms with Crippen molar-refractivity contribution in [1.29, 1.82) is 0 Å². The van der Waals surface area contributed by atoms with E-state index in [0.717, 1.165) is 23.1 Å². The van der Waals surface area contributed by atoms with Crippen molar-refractivity contribution >= 4 is 21.9 Å². The fraction of sp³-hybridized carbons (Fsp3) is 0.462. The van der Waals surface area contributed by atoms with E-state index < -0.39 is 5.97 Å². The summed E-state index contributed by atoms with van der Waals surface area (Å²) in [7, 11) is 0. The molecule has 0 fully saturated rings. The van der Waals surface area contributed by atoms with Crippen molar-refractivity contribution in [2.75, 3.05) is 6.54 Å². The van der Waals surface area contributed by atoms with Gasteiger partial charge in [0.2, 0.25) is 0 Å². The van der Waals surface area contributed by atoms with Gasteiger partial charge in [0.05, 0.1) is 5.56 Å². The minimum absolute atomic E-state index is 0.312. The predicted molar refractivity (Wildman–Crippen MR) is 72.3 cm³/mol. The molecule has 2 N–H and O–H groups in total. The molecule has 3 nitrogen and oxygen atoms in total. The van der Waals surface area contributed by atoms with Crippen LogP contribution in [0.15, 0.2) is 22.7 Å². The second-order valence-corrected chi connectivity index (χ2v) is 4.85. The minimum atomic E-state index is -0.895. The molecule has 0 aliphatic rings. The van der Waals surface area contributed by atoms with E-state index in [1.54, 1.807) is 12.1 Å². The highest BCUT2D eigenvalue weighted by atomic mass is 79.9. The zero-order chi connectivity index (χ0) is 12.7. The molecule has 94 valence electrons. The van der Waals surface area contributed by atoms with Crippen molar-refractivity contribution in [1.82, 2.24) is 5.32 Å². The van der Waals surface area contributed by atoms with E-state index in [1.165, 1.54) is 19.3 Å². The van der Waals surface area contributed by atoms with Gasteiger partial charge in [0.15, 0.2) is 0 Å². The lowest BCUT2D eigenvalue weighted by Gasteiger charge is -2.07. The van der Waals surface area contributed by atoms with Crippen LogP contribution in [0, 0.1) is 0 Å². The lowest BCUT2D eigenvalue weighted by atomic mass is 10.1. The van der Waals surface area contributed by atoms with Crippen LogP contribution in [0.4, 0.5) is 0 Å². The molecule has 1 rings (SSSR count). The average molecular weight is 300 g/mol. The molecular weight excluding hydrogens is 282 g/mol. The molecule has 0 atom stereocenters. The predicted octanol–water partition coefficient (Wildman–Crippen LogP) is 3.43. The van der Waals surface area contributed by atoms with E-state index in [0.29, 0.717) is 5.56 Å². The first kappa shape index (κ1) is 14.2. The largest absolute Gasteiger partial charge is 0.478 e. The van der Waals surface area contributed by atoms with Gasteiger partial charge in [-0.05, 0) is 30.7 Å². The third kappa shape index (κ3) is 4.88. The third-order valence-electron chi connectivity index (χ3n) is 2.57. The molecule has 0 heterocycles. The Morgan fingerprint density at radius 1 is 1.41 bits per heavy atom. The van der Waals surface area contributed by atoms with Gasteiger partial charge in [-0.1, -0.05) is 41.8 Å². The van der Waals surface area contributed by atoms with Crippen molar-refractivity contribution in [2.24, 2.45) is 0 Å². The van der Waals surface area contributed by atoms with Crippen LogP contribution in [-0.2, 0) is 6.54 Å². The Bertz CT molecular complexity index is 380. The zero-order valence-electron chi connectivity index (χ0n) is 10.0. The van der Waals surface area contributed by atoms with Crippen molar-refractivity contribution in [3.63, 3.8) is 0 Å². The first-order chi connectivity index (χ1) is 8.15. The van der Waals surface area contributed by atoms with Crippen LogP contribution in [0.1, 0.15) is 42.1 Å². The van der Waals surface area contributed by atoms with Gasteiger partial charge in [-0.15, -0.1) is 0 Å². The van der Waals surface area contributed by atoms with Crippen LogP contribution in [0.25, 0.3) is 0 Å². The first-order valence-electron chi connectivity index (χ1n) is 5.87. The van der Waals surface area contributed by atoms with Gasteiger partial charge in [-0.25, -0.2) is 4.79 Å². The van der Waals surface area contributed by atoms with Gasteiger partial charge < -0.3 is 10.4 Å². The summed E-state index contributed by atoms with van der Waals surface area (Å²) in [4.78, 5) is 10.8.